The fourth-order valence-corrected chi connectivity index (χ4v) is 2.34. The normalized spacial score (nSPS) is 27.0. The van der Waals surface area contributed by atoms with Crippen LogP contribution in [0.4, 0.5) is 4.79 Å². The molecule has 3 N–H and O–H groups in total. The van der Waals surface area contributed by atoms with Gasteiger partial charge in [0.25, 0.3) is 0 Å². The Morgan fingerprint density at radius 1 is 1.26 bits per heavy atom. The maximum Gasteiger partial charge on any atom is 0.321 e. The molecule has 0 spiro atoms. The zero-order chi connectivity index (χ0) is 14.0. The van der Waals surface area contributed by atoms with Crippen molar-refractivity contribution in [3.8, 4) is 0 Å². The molecular weight excluding hydrogens is 250 g/mol. The van der Waals surface area contributed by atoms with Gasteiger partial charge in [0, 0.05) is 19.1 Å². The number of aliphatic carboxylic acids is 1. The number of carboxylic acid groups (broad SMARTS) is 1. The number of carboxylic acids is 1. The number of nitrogens with zero attached hydrogens (tertiary/aromatic N) is 1. The number of likely N-dealkylation sites (tertiary alicyclic amines) is 1. The molecule has 19 heavy (non-hydrogen) atoms. The molecule has 0 aromatic carbocycles. The van der Waals surface area contributed by atoms with Crippen molar-refractivity contribution in [1.82, 2.24) is 15.5 Å². The van der Waals surface area contributed by atoms with Crippen LogP contribution in [0.2, 0.25) is 0 Å². The van der Waals surface area contributed by atoms with Gasteiger partial charge in [-0.15, -0.1) is 0 Å². The van der Waals surface area contributed by atoms with Gasteiger partial charge in [0.1, 0.15) is 0 Å². The molecule has 1 aliphatic heterocycles. The summed E-state index contributed by atoms with van der Waals surface area (Å²) in [6.45, 7) is 2.84. The number of hydrogen-bond donors (Lipinski definition) is 3. The summed E-state index contributed by atoms with van der Waals surface area (Å²) >= 11 is 0. The smallest absolute Gasteiger partial charge is 0.321 e. The van der Waals surface area contributed by atoms with E-state index in [9.17, 15) is 14.4 Å². The Hall–Kier alpha value is -1.63. The first-order chi connectivity index (χ1) is 8.95. The minimum atomic E-state index is -0.832. The van der Waals surface area contributed by atoms with E-state index in [4.69, 9.17) is 5.11 Å². The molecule has 7 nitrogen and oxygen atoms in total. The van der Waals surface area contributed by atoms with Gasteiger partial charge in [0.05, 0.1) is 12.5 Å². The average Bonchev–Trinajstić information content (AvgIpc) is 3.00. The molecule has 0 radical (unpaired) electrons. The number of carbonyl (C=O) groups excluding carboxylic acids is 2. The molecule has 3 amide bonds. The molecule has 1 heterocycles. The fourth-order valence-electron chi connectivity index (χ4n) is 2.34. The van der Waals surface area contributed by atoms with Crippen LogP contribution in [0.25, 0.3) is 0 Å². The van der Waals surface area contributed by atoms with Gasteiger partial charge < -0.3 is 10.4 Å². The second-order valence-electron chi connectivity index (χ2n) is 5.41. The highest BCUT2D eigenvalue weighted by Crippen LogP contribution is 2.22. The number of amides is 3. The van der Waals surface area contributed by atoms with E-state index in [1.54, 1.807) is 4.90 Å². The van der Waals surface area contributed by atoms with Crippen LogP contribution in [0.3, 0.4) is 0 Å². The topological polar surface area (TPSA) is 98.7 Å². The SMILES string of the molecule is CC1CN(CC(=O)NC(=O)NC2CC2)CC1C(=O)O. The second kappa shape index (κ2) is 5.56. The van der Waals surface area contributed by atoms with E-state index in [-0.39, 0.29) is 18.5 Å². The summed E-state index contributed by atoms with van der Waals surface area (Å²) < 4.78 is 0. The van der Waals surface area contributed by atoms with E-state index < -0.39 is 23.8 Å². The maximum atomic E-state index is 11.6. The molecule has 1 saturated heterocycles. The van der Waals surface area contributed by atoms with Gasteiger partial charge in [-0.25, -0.2) is 4.79 Å². The van der Waals surface area contributed by atoms with E-state index in [0.29, 0.717) is 13.1 Å². The molecule has 106 valence electrons. The van der Waals surface area contributed by atoms with Gasteiger partial charge in [-0.3, -0.25) is 19.8 Å². The first-order valence-electron chi connectivity index (χ1n) is 6.51. The standard InChI is InChI=1S/C12H19N3O4/c1-7-4-15(5-9(7)11(17)18)6-10(16)14-12(19)13-8-2-3-8/h7-9H,2-6H2,1H3,(H,17,18)(H2,13,14,16,19). The third kappa shape index (κ3) is 3.92. The molecule has 2 rings (SSSR count). The Balaban J connectivity index is 1.73. The summed E-state index contributed by atoms with van der Waals surface area (Å²) in [7, 11) is 0. The predicted molar refractivity (Wildman–Crippen MR) is 66.4 cm³/mol. The Morgan fingerprint density at radius 2 is 1.95 bits per heavy atom. The van der Waals surface area contributed by atoms with Crippen LogP contribution < -0.4 is 10.6 Å². The van der Waals surface area contributed by atoms with Crippen molar-refractivity contribution in [2.75, 3.05) is 19.6 Å². The molecule has 7 heteroatoms. The Bertz CT molecular complexity index is 394. The third-order valence-electron chi connectivity index (χ3n) is 3.54. The maximum absolute atomic E-state index is 11.6. The Morgan fingerprint density at radius 3 is 2.47 bits per heavy atom. The van der Waals surface area contributed by atoms with Gasteiger partial charge in [-0.1, -0.05) is 6.92 Å². The van der Waals surface area contributed by atoms with Crippen molar-refractivity contribution in [3.05, 3.63) is 0 Å². The van der Waals surface area contributed by atoms with Crippen LogP contribution >= 0.6 is 0 Å². The lowest BCUT2D eigenvalue weighted by Crippen LogP contribution is -2.44. The minimum absolute atomic E-state index is 0.0191. The number of nitrogens with one attached hydrogen (secondary N) is 2. The molecule has 2 aliphatic rings. The Kier molecular flexibility index (Phi) is 4.04. The lowest BCUT2D eigenvalue weighted by atomic mass is 9.99. The molecule has 2 fully saturated rings. The lowest BCUT2D eigenvalue weighted by molar-refractivity contribution is -0.142. The van der Waals surface area contributed by atoms with Crippen molar-refractivity contribution >= 4 is 17.9 Å². The Labute approximate surface area is 111 Å². The summed E-state index contributed by atoms with van der Waals surface area (Å²) in [6.07, 6.45) is 1.93. The van der Waals surface area contributed by atoms with Gasteiger partial charge in [-0.2, -0.15) is 0 Å². The molecule has 0 bridgehead atoms. The van der Waals surface area contributed by atoms with Crippen molar-refractivity contribution in [3.63, 3.8) is 0 Å². The number of imide groups is 1. The molecule has 0 aromatic rings. The van der Waals surface area contributed by atoms with Crippen LogP contribution in [0.15, 0.2) is 0 Å². The summed E-state index contributed by atoms with van der Waals surface area (Å²) in [4.78, 5) is 35.7. The third-order valence-corrected chi connectivity index (χ3v) is 3.54. The molecule has 2 atom stereocenters. The number of rotatable bonds is 4. The van der Waals surface area contributed by atoms with E-state index in [1.807, 2.05) is 6.92 Å². The van der Waals surface area contributed by atoms with Crippen LogP contribution in [-0.4, -0.2) is 53.6 Å². The van der Waals surface area contributed by atoms with Crippen LogP contribution in [-0.2, 0) is 9.59 Å². The zero-order valence-electron chi connectivity index (χ0n) is 10.9. The van der Waals surface area contributed by atoms with E-state index >= 15 is 0 Å². The molecule has 0 aromatic heterocycles. The highest BCUT2D eigenvalue weighted by Gasteiger charge is 2.35. The van der Waals surface area contributed by atoms with E-state index in [1.165, 1.54) is 0 Å². The van der Waals surface area contributed by atoms with Crippen molar-refractivity contribution < 1.29 is 19.5 Å². The first kappa shape index (κ1) is 13.8. The van der Waals surface area contributed by atoms with Crippen LogP contribution in [0, 0.1) is 11.8 Å². The van der Waals surface area contributed by atoms with E-state index in [0.717, 1.165) is 12.8 Å². The molecule has 1 saturated carbocycles. The largest absolute Gasteiger partial charge is 0.481 e. The number of urea groups is 1. The lowest BCUT2D eigenvalue weighted by Gasteiger charge is -2.14. The molecule has 2 unspecified atom stereocenters. The summed E-state index contributed by atoms with van der Waals surface area (Å²) in [5.74, 6) is -1.64. The fraction of sp³-hybridized carbons (Fsp3) is 0.750. The number of hydrogen-bond acceptors (Lipinski definition) is 4. The van der Waals surface area contributed by atoms with Crippen molar-refractivity contribution in [2.24, 2.45) is 11.8 Å². The van der Waals surface area contributed by atoms with Gasteiger partial charge in [-0.05, 0) is 18.8 Å². The average molecular weight is 269 g/mol. The van der Waals surface area contributed by atoms with Gasteiger partial charge in [0.2, 0.25) is 5.91 Å². The van der Waals surface area contributed by atoms with Crippen molar-refractivity contribution in [2.45, 2.75) is 25.8 Å². The predicted octanol–water partition coefficient (Wildman–Crippen LogP) is -0.373. The molecule has 1 aliphatic carbocycles. The minimum Gasteiger partial charge on any atom is -0.481 e. The highest BCUT2D eigenvalue weighted by molar-refractivity contribution is 5.95. The van der Waals surface area contributed by atoms with E-state index in [2.05, 4.69) is 10.6 Å². The summed E-state index contributed by atoms with van der Waals surface area (Å²) in [5.41, 5.74) is 0. The summed E-state index contributed by atoms with van der Waals surface area (Å²) in [6, 6.07) is -0.259. The number of carbonyl (C=O) groups is 3. The second-order valence-corrected chi connectivity index (χ2v) is 5.41. The monoisotopic (exact) mass is 269 g/mol. The van der Waals surface area contributed by atoms with Crippen LogP contribution in [0.5, 0.6) is 0 Å². The van der Waals surface area contributed by atoms with Gasteiger partial charge >= 0.3 is 12.0 Å². The van der Waals surface area contributed by atoms with Crippen LogP contribution in [0.1, 0.15) is 19.8 Å². The highest BCUT2D eigenvalue weighted by atomic mass is 16.4. The molecular formula is C12H19N3O4. The zero-order valence-corrected chi connectivity index (χ0v) is 10.9. The summed E-state index contributed by atoms with van der Waals surface area (Å²) in [5, 5.41) is 13.9. The quantitative estimate of drug-likeness (QED) is 0.646. The van der Waals surface area contributed by atoms with Gasteiger partial charge in [0.15, 0.2) is 0 Å². The first-order valence-corrected chi connectivity index (χ1v) is 6.51. The van der Waals surface area contributed by atoms with Crippen molar-refractivity contribution in [1.29, 1.82) is 0 Å².